The first-order valence-electron chi connectivity index (χ1n) is 10.2. The number of rotatable bonds is 5. The average molecular weight is 379 g/mol. The zero-order valence-electron chi connectivity index (χ0n) is 16.3. The summed E-state index contributed by atoms with van der Waals surface area (Å²) in [6, 6.07) is 20.0. The van der Waals surface area contributed by atoms with E-state index < -0.39 is 10.0 Å². The van der Waals surface area contributed by atoms with Crippen molar-refractivity contribution in [1.82, 2.24) is 0 Å². The molecule has 1 saturated carbocycles. The molecular formula is C25H30OS. The van der Waals surface area contributed by atoms with Crippen LogP contribution in [0.4, 0.5) is 0 Å². The van der Waals surface area contributed by atoms with Crippen molar-refractivity contribution < 1.29 is 4.74 Å². The topological polar surface area (TPSA) is 9.23 Å². The predicted molar refractivity (Wildman–Crippen MR) is 117 cm³/mol. The van der Waals surface area contributed by atoms with Crippen LogP contribution in [0, 0.1) is 0 Å². The molecule has 2 aliphatic carbocycles. The van der Waals surface area contributed by atoms with Gasteiger partial charge in [-0.3, -0.25) is 0 Å². The molecule has 1 nitrogen and oxygen atoms in total. The van der Waals surface area contributed by atoms with Crippen LogP contribution >= 0.6 is 10.0 Å². The lowest BCUT2D eigenvalue weighted by atomic mass is 9.98. The smallest absolute Gasteiger partial charge is 0.119 e. The van der Waals surface area contributed by atoms with Crippen molar-refractivity contribution in [3.63, 3.8) is 0 Å². The summed E-state index contributed by atoms with van der Waals surface area (Å²) in [6.45, 7) is 0. The lowest BCUT2D eigenvalue weighted by Gasteiger charge is -2.39. The highest BCUT2D eigenvalue weighted by Gasteiger charge is 2.27. The molecule has 2 heteroatoms. The van der Waals surface area contributed by atoms with Gasteiger partial charge in [0.15, 0.2) is 0 Å². The summed E-state index contributed by atoms with van der Waals surface area (Å²) >= 11 is 0. The number of benzene rings is 2. The molecule has 2 aromatic rings. The van der Waals surface area contributed by atoms with Crippen LogP contribution in [0.1, 0.15) is 44.9 Å². The third kappa shape index (κ3) is 4.01. The third-order valence-electron chi connectivity index (χ3n) is 5.80. The third-order valence-corrected chi connectivity index (χ3v) is 9.47. The molecule has 2 aromatic carbocycles. The van der Waals surface area contributed by atoms with Crippen LogP contribution in [0.3, 0.4) is 0 Å². The van der Waals surface area contributed by atoms with Gasteiger partial charge in [0.05, 0.1) is 6.10 Å². The largest absolute Gasteiger partial charge is 0.490 e. The minimum atomic E-state index is -1.23. The van der Waals surface area contributed by atoms with Crippen LogP contribution in [0.15, 0.2) is 87.5 Å². The molecule has 0 N–H and O–H groups in total. The van der Waals surface area contributed by atoms with E-state index in [-0.39, 0.29) is 0 Å². The summed E-state index contributed by atoms with van der Waals surface area (Å²) in [4.78, 5) is 4.30. The molecule has 0 amide bonds. The van der Waals surface area contributed by atoms with Crippen LogP contribution in [-0.4, -0.2) is 12.4 Å². The molecule has 0 aliphatic heterocycles. The van der Waals surface area contributed by atoms with Crippen molar-refractivity contribution in [1.29, 1.82) is 0 Å². The second-order valence-corrected chi connectivity index (χ2v) is 10.9. The summed E-state index contributed by atoms with van der Waals surface area (Å²) in [5.74, 6) is 1.02. The van der Waals surface area contributed by atoms with Gasteiger partial charge in [0, 0.05) is 0 Å². The summed E-state index contributed by atoms with van der Waals surface area (Å²) < 4.78 is 6.25. The molecule has 0 heterocycles. The van der Waals surface area contributed by atoms with E-state index in [1.54, 1.807) is 0 Å². The first-order chi connectivity index (χ1) is 13.3. The highest BCUT2D eigenvalue weighted by molar-refractivity contribution is 8.36. The quantitative estimate of drug-likeness (QED) is 0.524. The Balaban J connectivity index is 1.64. The molecule has 142 valence electrons. The molecule has 0 aromatic heterocycles. The fraction of sp³-hybridized carbons (Fsp3) is 0.360. The predicted octanol–water partition coefficient (Wildman–Crippen LogP) is 7.48. The highest BCUT2D eigenvalue weighted by atomic mass is 32.3. The Morgan fingerprint density at radius 2 is 1.52 bits per heavy atom. The molecule has 1 unspecified atom stereocenters. The van der Waals surface area contributed by atoms with Gasteiger partial charge < -0.3 is 4.74 Å². The van der Waals surface area contributed by atoms with Crippen molar-refractivity contribution in [2.24, 2.45) is 0 Å². The SMILES string of the molecule is CS(C1=CCCC=C1)(c1ccccc1)c1ccc(OC2CCCCC2)cc1. The zero-order chi connectivity index (χ0) is 18.5. The van der Waals surface area contributed by atoms with Crippen molar-refractivity contribution in [2.75, 3.05) is 6.26 Å². The van der Waals surface area contributed by atoms with Gasteiger partial charge in [-0.15, -0.1) is 0 Å². The van der Waals surface area contributed by atoms with Gasteiger partial charge in [0.2, 0.25) is 0 Å². The Bertz CT molecular complexity index is 800. The van der Waals surface area contributed by atoms with Crippen LogP contribution in [0.25, 0.3) is 0 Å². The van der Waals surface area contributed by atoms with E-state index in [1.807, 2.05) is 0 Å². The van der Waals surface area contributed by atoms with Gasteiger partial charge in [-0.1, -0.05) is 42.8 Å². The minimum Gasteiger partial charge on any atom is -0.490 e. The molecule has 2 aliphatic rings. The van der Waals surface area contributed by atoms with E-state index >= 15 is 0 Å². The van der Waals surface area contributed by atoms with E-state index in [2.05, 4.69) is 79.1 Å². The first-order valence-corrected chi connectivity index (χ1v) is 12.3. The van der Waals surface area contributed by atoms with Crippen molar-refractivity contribution >= 4 is 10.0 Å². The average Bonchev–Trinajstić information content (AvgIpc) is 2.76. The molecular weight excluding hydrogens is 348 g/mol. The maximum atomic E-state index is 6.25. The van der Waals surface area contributed by atoms with Crippen LogP contribution in [0.2, 0.25) is 0 Å². The monoisotopic (exact) mass is 378 g/mol. The number of allylic oxidation sites excluding steroid dienone is 3. The zero-order valence-corrected chi connectivity index (χ0v) is 17.1. The Morgan fingerprint density at radius 1 is 0.815 bits per heavy atom. The first kappa shape index (κ1) is 18.4. The fourth-order valence-electron chi connectivity index (χ4n) is 4.16. The maximum Gasteiger partial charge on any atom is 0.119 e. The number of ether oxygens (including phenoxy) is 1. The molecule has 0 bridgehead atoms. The second kappa shape index (κ2) is 8.39. The van der Waals surface area contributed by atoms with Gasteiger partial charge in [-0.25, -0.2) is 0 Å². The van der Waals surface area contributed by atoms with Gasteiger partial charge >= 0.3 is 0 Å². The summed E-state index contributed by atoms with van der Waals surface area (Å²) in [5.41, 5.74) is 0. The molecule has 0 spiro atoms. The lowest BCUT2D eigenvalue weighted by molar-refractivity contribution is 0.155. The van der Waals surface area contributed by atoms with Crippen molar-refractivity contribution in [3.05, 3.63) is 77.7 Å². The van der Waals surface area contributed by atoms with Crippen LogP contribution < -0.4 is 4.74 Å². The van der Waals surface area contributed by atoms with Crippen molar-refractivity contribution in [2.45, 2.75) is 60.8 Å². The Morgan fingerprint density at radius 3 is 2.19 bits per heavy atom. The van der Waals surface area contributed by atoms with Gasteiger partial charge in [0.25, 0.3) is 0 Å². The molecule has 0 saturated heterocycles. The van der Waals surface area contributed by atoms with E-state index in [0.717, 1.165) is 18.6 Å². The highest BCUT2D eigenvalue weighted by Crippen LogP contribution is 2.66. The maximum absolute atomic E-state index is 6.25. The molecule has 27 heavy (non-hydrogen) atoms. The minimum absolute atomic E-state index is 0.404. The Kier molecular flexibility index (Phi) is 5.73. The summed E-state index contributed by atoms with van der Waals surface area (Å²) in [7, 11) is -1.23. The summed E-state index contributed by atoms with van der Waals surface area (Å²) in [6.07, 6.45) is 18.6. The van der Waals surface area contributed by atoms with E-state index in [0.29, 0.717) is 6.10 Å². The fourth-order valence-corrected chi connectivity index (χ4v) is 7.18. The van der Waals surface area contributed by atoms with Gasteiger partial charge in [0.1, 0.15) is 5.75 Å². The van der Waals surface area contributed by atoms with E-state index in [9.17, 15) is 0 Å². The standard InChI is InChI=1S/C25H30OS/c1-27(23-13-7-3-8-14-23,24-15-9-4-10-16-24)25-19-17-22(18-20-25)26-21-11-5-2-6-12-21/h3,7-9,13-21H,2,4-6,10-12H2,1H3. The Labute approximate surface area is 165 Å². The normalized spacial score (nSPS) is 21.1. The summed E-state index contributed by atoms with van der Waals surface area (Å²) in [5, 5.41) is 0. The second-order valence-electron chi connectivity index (χ2n) is 7.67. The Hall–Kier alpha value is -1.93. The molecule has 4 rings (SSSR count). The molecule has 1 atom stereocenters. The van der Waals surface area contributed by atoms with E-state index in [1.165, 1.54) is 46.8 Å². The van der Waals surface area contributed by atoms with Crippen LogP contribution in [-0.2, 0) is 0 Å². The van der Waals surface area contributed by atoms with Crippen LogP contribution in [0.5, 0.6) is 5.75 Å². The lowest BCUT2D eigenvalue weighted by Crippen LogP contribution is -2.19. The van der Waals surface area contributed by atoms with Gasteiger partial charge in [-0.2, -0.15) is 10.0 Å². The van der Waals surface area contributed by atoms with Crippen molar-refractivity contribution in [3.8, 4) is 5.75 Å². The van der Waals surface area contributed by atoms with E-state index in [4.69, 9.17) is 4.74 Å². The number of hydrogen-bond acceptors (Lipinski definition) is 1. The molecule has 1 fully saturated rings. The van der Waals surface area contributed by atoms with Gasteiger partial charge in [-0.05, 0) is 95.9 Å². The number of hydrogen-bond donors (Lipinski definition) is 0. The molecule has 0 radical (unpaired) electrons.